The number of rotatable bonds is 7. The summed E-state index contributed by atoms with van der Waals surface area (Å²) in [6, 6.07) is 0. The Morgan fingerprint density at radius 1 is 0.540 bits per heavy atom. The predicted molar refractivity (Wildman–Crippen MR) is 275 cm³/mol. The van der Waals surface area contributed by atoms with E-state index in [-0.39, 0.29) is 29.7 Å². The first kappa shape index (κ1) is 57.4. The van der Waals surface area contributed by atoms with Gasteiger partial charge in [0.1, 0.15) is 0 Å². The van der Waals surface area contributed by atoms with E-state index in [0.29, 0.717) is 34.5 Å². The molecule has 0 aromatic heterocycles. The van der Waals surface area contributed by atoms with Gasteiger partial charge in [-0.15, -0.1) is 6.58 Å². The van der Waals surface area contributed by atoms with E-state index < -0.39 is 41.7 Å². The summed E-state index contributed by atoms with van der Waals surface area (Å²) in [7, 11) is 19.7. The zero-order valence-electron chi connectivity index (χ0n) is 39.5. The fourth-order valence-corrected chi connectivity index (χ4v) is 15.3. The first-order valence-electron chi connectivity index (χ1n) is 23.1. The van der Waals surface area contributed by atoms with Gasteiger partial charge in [0.05, 0.1) is 0 Å². The van der Waals surface area contributed by atoms with Crippen LogP contribution in [-0.2, 0) is 41.7 Å². The van der Waals surface area contributed by atoms with E-state index in [4.69, 9.17) is 34.1 Å². The van der Waals surface area contributed by atoms with E-state index in [2.05, 4.69) is 148 Å². The average Bonchev–Trinajstić information content (AvgIpc) is 4.07. The van der Waals surface area contributed by atoms with Crippen LogP contribution in [0.2, 0.25) is 0 Å². The zero-order valence-corrected chi connectivity index (χ0v) is 47.4. The van der Waals surface area contributed by atoms with Gasteiger partial charge >= 0.3 is 75.7 Å². The van der Waals surface area contributed by atoms with Crippen molar-refractivity contribution in [1.29, 1.82) is 0 Å². The van der Waals surface area contributed by atoms with Gasteiger partial charge in [-0.3, -0.25) is 0 Å². The number of allylic oxidation sites excluding steroid dienone is 21. The number of fused-ring (bicyclic) bond motifs is 7. The van der Waals surface area contributed by atoms with Gasteiger partial charge in [0.15, 0.2) is 0 Å². The molecule has 0 amide bonds. The van der Waals surface area contributed by atoms with E-state index in [1.54, 1.807) is 0 Å². The monoisotopic (exact) mass is 1080 g/mol. The number of hydrogen-bond acceptors (Lipinski definition) is 0. The van der Waals surface area contributed by atoms with Crippen LogP contribution in [0.25, 0.3) is 0 Å². The van der Waals surface area contributed by atoms with E-state index in [1.165, 1.54) is 77.0 Å². The molecule has 0 N–H and O–H groups in total. The average molecular weight is 1090 g/mol. The second kappa shape index (κ2) is 27.3. The molecule has 0 aromatic carbocycles. The summed E-state index contributed by atoms with van der Waals surface area (Å²) < 4.78 is 0. The molecule has 10 aliphatic carbocycles. The Labute approximate surface area is 425 Å². The Bertz CT molecular complexity index is 1630. The van der Waals surface area contributed by atoms with Crippen molar-refractivity contribution in [3.05, 3.63) is 164 Å². The SMILES string of the molecule is C=CCCC1CCC(C2(C3C4C=CC=CC4C4C=CC=CC43)CCCCC2)C1.CC(C)(C1CCC2C=CC=CC21)C1C2C=CC=CC2C2C=CC=CC21.[CH3-].[CH3-].[CH3-].[CH3-].[Cl][Zr+2][Cl].[Cl][Zr+2][Cl]. The summed E-state index contributed by atoms with van der Waals surface area (Å²) in [4.78, 5) is 0. The zero-order chi connectivity index (χ0) is 41.4. The maximum absolute atomic E-state index is 4.93. The molecule has 0 spiro atoms. The molecule has 0 bridgehead atoms. The van der Waals surface area contributed by atoms with Crippen molar-refractivity contribution in [1.82, 2.24) is 0 Å². The van der Waals surface area contributed by atoms with Gasteiger partial charge in [0.25, 0.3) is 0 Å². The van der Waals surface area contributed by atoms with Crippen molar-refractivity contribution < 1.29 is 41.7 Å². The second-order valence-corrected chi connectivity index (χ2v) is 27.4. The van der Waals surface area contributed by atoms with Gasteiger partial charge in [-0.25, -0.2) is 0 Å². The van der Waals surface area contributed by atoms with Crippen molar-refractivity contribution in [2.75, 3.05) is 0 Å². The molecule has 63 heavy (non-hydrogen) atoms. The third-order valence-electron chi connectivity index (χ3n) is 17.4. The fraction of sp³-hybridized carbons (Fsp3) is 0.544. The summed E-state index contributed by atoms with van der Waals surface area (Å²) in [5.74, 6) is 11.6. The van der Waals surface area contributed by atoms with Crippen LogP contribution in [0.3, 0.4) is 0 Å². The molecular formula is C57H80Cl4Zr2. The van der Waals surface area contributed by atoms with Crippen LogP contribution < -0.4 is 0 Å². The molecule has 344 valence electrons. The molecular weight excluding hydrogens is 1010 g/mol. The third-order valence-corrected chi connectivity index (χ3v) is 17.4. The molecule has 13 atom stereocenters. The summed E-state index contributed by atoms with van der Waals surface area (Å²) in [6.07, 6.45) is 67.8. The molecule has 10 aliphatic rings. The number of hydrogen-bond donors (Lipinski definition) is 0. The Balaban J connectivity index is 0.000000283. The Morgan fingerprint density at radius 3 is 1.43 bits per heavy atom. The van der Waals surface area contributed by atoms with E-state index in [1.807, 2.05) is 0 Å². The minimum atomic E-state index is -0.826. The van der Waals surface area contributed by atoms with Gasteiger partial charge in [-0.2, -0.15) is 0 Å². The quantitative estimate of drug-likeness (QED) is 0.176. The van der Waals surface area contributed by atoms with Crippen LogP contribution in [0.5, 0.6) is 0 Å². The molecule has 6 heteroatoms. The van der Waals surface area contributed by atoms with E-state index in [9.17, 15) is 0 Å². The summed E-state index contributed by atoms with van der Waals surface area (Å²) >= 11 is -1.65. The van der Waals surface area contributed by atoms with Gasteiger partial charge in [0, 0.05) is 0 Å². The maximum atomic E-state index is 4.93. The van der Waals surface area contributed by atoms with Crippen LogP contribution in [0.4, 0.5) is 0 Å². The molecule has 0 aromatic rings. The van der Waals surface area contributed by atoms with Crippen molar-refractivity contribution in [2.45, 2.75) is 90.9 Å². The summed E-state index contributed by atoms with van der Waals surface area (Å²) in [6.45, 7) is 9.15. The Kier molecular flexibility index (Phi) is 24.9. The molecule has 0 aliphatic heterocycles. The molecule has 10 rings (SSSR count). The van der Waals surface area contributed by atoms with Crippen LogP contribution >= 0.6 is 34.1 Å². The minimum absolute atomic E-state index is 0. The third kappa shape index (κ3) is 12.3. The first-order valence-corrected chi connectivity index (χ1v) is 35.8. The molecule has 5 fully saturated rings. The molecule has 0 saturated heterocycles. The van der Waals surface area contributed by atoms with Crippen LogP contribution in [-0.4, -0.2) is 0 Å². The van der Waals surface area contributed by atoms with E-state index >= 15 is 0 Å². The van der Waals surface area contributed by atoms with Gasteiger partial charge < -0.3 is 29.7 Å². The fourth-order valence-electron chi connectivity index (χ4n) is 15.3. The van der Waals surface area contributed by atoms with Gasteiger partial charge in [-0.05, 0) is 151 Å². The summed E-state index contributed by atoms with van der Waals surface area (Å²) in [5.41, 5.74) is 0.955. The second-order valence-electron chi connectivity index (χ2n) is 19.9. The van der Waals surface area contributed by atoms with Crippen LogP contribution in [0.15, 0.2) is 134 Å². The molecule has 5 saturated carbocycles. The van der Waals surface area contributed by atoms with Gasteiger partial charge in [0.2, 0.25) is 0 Å². The standard InChI is InChI=1S/C28H38.C25H30.4CH3.4ClH.2Zr/c1-2-3-11-21-16-17-22(20-21)28(18-9-4-10-19-28)27-25-14-7-5-12-23(25)24-13-6-8-15-26(24)27;1-25(2,23-16-15-17-9-3-4-10-18(17)23)24-21-13-7-5-11-19(21)20-12-6-8-14-22(20)24;;;;;;;;;;/h2,5-8,12-15,21-27H,1,3-4,9-11,16-20H2;3-14,17-24H,15-16H2,1-2H3;4*1H3;4*1H;;/q;;4*-1;;;;;2*+4/p-4. The molecule has 0 radical (unpaired) electrons. The van der Waals surface area contributed by atoms with Crippen molar-refractivity contribution in [2.24, 2.45) is 99.6 Å². The topological polar surface area (TPSA) is 0 Å². The molecule has 0 heterocycles. The predicted octanol–water partition coefficient (Wildman–Crippen LogP) is 18.3. The normalized spacial score (nSPS) is 37.8. The number of halogens is 4. The molecule has 0 nitrogen and oxygen atoms in total. The van der Waals surface area contributed by atoms with E-state index in [0.717, 1.165) is 65.1 Å². The molecule has 13 unspecified atom stereocenters. The van der Waals surface area contributed by atoms with Crippen molar-refractivity contribution >= 4 is 34.1 Å². The Morgan fingerprint density at radius 2 is 0.952 bits per heavy atom. The van der Waals surface area contributed by atoms with Crippen LogP contribution in [0.1, 0.15) is 90.9 Å². The van der Waals surface area contributed by atoms with Crippen molar-refractivity contribution in [3.63, 3.8) is 0 Å². The van der Waals surface area contributed by atoms with Crippen molar-refractivity contribution in [3.8, 4) is 0 Å². The first-order chi connectivity index (χ1) is 28.8. The van der Waals surface area contributed by atoms with Gasteiger partial charge in [-0.1, -0.05) is 167 Å². The summed E-state index contributed by atoms with van der Waals surface area (Å²) in [5, 5.41) is 0. The van der Waals surface area contributed by atoms with Crippen LogP contribution in [0, 0.1) is 129 Å². The Hall–Kier alpha value is 0.0662.